The van der Waals surface area contributed by atoms with Crippen LogP contribution < -0.4 is 0 Å². The van der Waals surface area contributed by atoms with Crippen molar-refractivity contribution in [1.82, 2.24) is 4.90 Å². The minimum absolute atomic E-state index is 0.0133. The van der Waals surface area contributed by atoms with E-state index in [0.29, 0.717) is 19.4 Å². The zero-order valence-corrected chi connectivity index (χ0v) is 19.8. The number of aryl methyl sites for hydroxylation is 1. The number of carbonyl (C=O) groups is 1. The lowest BCUT2D eigenvalue weighted by molar-refractivity contribution is -0.0535. The van der Waals surface area contributed by atoms with Crippen molar-refractivity contribution in [3.05, 3.63) is 94.5 Å². The normalized spacial score (nSPS) is 25.2. The fourth-order valence-electron chi connectivity index (χ4n) is 6.67. The van der Waals surface area contributed by atoms with Gasteiger partial charge in [-0.1, -0.05) is 66.7 Å². The van der Waals surface area contributed by atoms with Gasteiger partial charge >= 0.3 is 6.09 Å². The minimum atomic E-state index is -0.887. The number of fused-ring (bicyclic) bond motifs is 5. The molecule has 34 heavy (non-hydrogen) atoms. The first-order valence-electron chi connectivity index (χ1n) is 12.4. The van der Waals surface area contributed by atoms with E-state index in [9.17, 15) is 9.90 Å². The van der Waals surface area contributed by atoms with E-state index >= 15 is 0 Å². The summed E-state index contributed by atoms with van der Waals surface area (Å²) in [6.45, 7) is 4.51. The van der Waals surface area contributed by atoms with Crippen LogP contribution in [0.1, 0.15) is 59.4 Å². The molecule has 2 aliphatic heterocycles. The molecule has 3 aliphatic rings. The van der Waals surface area contributed by atoms with E-state index in [-0.39, 0.29) is 24.1 Å². The Bertz CT molecular complexity index is 1210. The SMILES string of the molecule is Cc1cccc(C2(O)CC3CCC(C2)N3C(=O)OCC2c3ccccc3-c3ccccc32)c1C. The molecule has 4 heteroatoms. The molecule has 0 saturated carbocycles. The van der Waals surface area contributed by atoms with E-state index in [1.807, 2.05) is 17.0 Å². The van der Waals surface area contributed by atoms with Crippen molar-refractivity contribution < 1.29 is 14.6 Å². The second-order valence-corrected chi connectivity index (χ2v) is 10.3. The molecule has 0 spiro atoms. The monoisotopic (exact) mass is 453 g/mol. The number of rotatable bonds is 3. The molecule has 2 saturated heterocycles. The van der Waals surface area contributed by atoms with Gasteiger partial charge in [-0.25, -0.2) is 4.79 Å². The van der Waals surface area contributed by atoms with Gasteiger partial charge in [-0.3, -0.25) is 0 Å². The Kier molecular flexibility index (Phi) is 5.03. The number of ether oxygens (including phenoxy) is 1. The van der Waals surface area contributed by atoms with Crippen molar-refractivity contribution in [3.63, 3.8) is 0 Å². The number of hydrogen-bond acceptors (Lipinski definition) is 3. The molecule has 2 bridgehead atoms. The standard InChI is InChI=1S/C30H31NO3/c1-19-8-7-13-28(20(19)2)30(33)16-21-14-15-22(17-30)31(21)29(32)34-18-27-25-11-5-3-9-23(25)24-10-4-6-12-26(24)27/h3-13,21-22,27,33H,14-18H2,1-2H3. The predicted octanol–water partition coefficient (Wildman–Crippen LogP) is 6.07. The molecule has 1 N–H and O–H groups in total. The summed E-state index contributed by atoms with van der Waals surface area (Å²) in [5, 5.41) is 11.7. The van der Waals surface area contributed by atoms with Crippen LogP contribution in [0.5, 0.6) is 0 Å². The summed E-state index contributed by atoms with van der Waals surface area (Å²) in [6, 6.07) is 23.0. The first-order valence-corrected chi connectivity index (χ1v) is 12.4. The van der Waals surface area contributed by atoms with Crippen molar-refractivity contribution in [3.8, 4) is 11.1 Å². The summed E-state index contributed by atoms with van der Waals surface area (Å²) in [5.74, 6) is 0.0608. The first-order chi connectivity index (χ1) is 16.5. The summed E-state index contributed by atoms with van der Waals surface area (Å²) >= 11 is 0. The van der Waals surface area contributed by atoms with Crippen LogP contribution >= 0.6 is 0 Å². The Hall–Kier alpha value is -3.11. The summed E-state index contributed by atoms with van der Waals surface area (Å²) in [7, 11) is 0. The molecule has 6 rings (SSSR count). The molecule has 2 fully saturated rings. The highest BCUT2D eigenvalue weighted by molar-refractivity contribution is 5.79. The Labute approximate surface area is 201 Å². The molecule has 4 nitrogen and oxygen atoms in total. The van der Waals surface area contributed by atoms with Gasteiger partial charge in [0, 0.05) is 30.8 Å². The van der Waals surface area contributed by atoms with E-state index in [4.69, 9.17) is 4.74 Å². The van der Waals surface area contributed by atoms with Crippen LogP contribution in [-0.2, 0) is 10.3 Å². The average Bonchev–Trinajstić information content (AvgIpc) is 3.31. The van der Waals surface area contributed by atoms with Crippen LogP contribution in [0.15, 0.2) is 66.7 Å². The molecule has 0 aromatic heterocycles. The molecule has 1 amide bonds. The molecular weight excluding hydrogens is 422 g/mol. The fraction of sp³-hybridized carbons (Fsp3) is 0.367. The van der Waals surface area contributed by atoms with Crippen LogP contribution in [0, 0.1) is 13.8 Å². The fourth-order valence-corrected chi connectivity index (χ4v) is 6.67. The second-order valence-electron chi connectivity index (χ2n) is 10.3. The summed E-state index contributed by atoms with van der Waals surface area (Å²) in [4.78, 5) is 15.3. The van der Waals surface area contributed by atoms with Crippen molar-refractivity contribution in [2.24, 2.45) is 0 Å². The Morgan fingerprint density at radius 1 is 0.912 bits per heavy atom. The van der Waals surface area contributed by atoms with Gasteiger partial charge in [0.05, 0.1) is 5.60 Å². The third kappa shape index (κ3) is 3.27. The molecule has 1 aliphatic carbocycles. The predicted molar refractivity (Wildman–Crippen MR) is 133 cm³/mol. The smallest absolute Gasteiger partial charge is 0.410 e. The second kappa shape index (κ2) is 7.99. The van der Waals surface area contributed by atoms with E-state index in [0.717, 1.165) is 24.0 Å². The van der Waals surface area contributed by atoms with Crippen molar-refractivity contribution in [2.45, 2.75) is 63.1 Å². The van der Waals surface area contributed by atoms with Gasteiger partial charge in [0.25, 0.3) is 0 Å². The summed E-state index contributed by atoms with van der Waals surface area (Å²) in [5.41, 5.74) is 7.38. The van der Waals surface area contributed by atoms with Gasteiger partial charge in [0.1, 0.15) is 6.61 Å². The molecule has 2 unspecified atom stereocenters. The number of nitrogens with zero attached hydrogens (tertiary/aromatic N) is 1. The van der Waals surface area contributed by atoms with Gasteiger partial charge in [-0.15, -0.1) is 0 Å². The lowest BCUT2D eigenvalue weighted by Gasteiger charge is -2.44. The quantitative estimate of drug-likeness (QED) is 0.524. The van der Waals surface area contributed by atoms with Gasteiger partial charge in [0.15, 0.2) is 0 Å². The largest absolute Gasteiger partial charge is 0.448 e. The zero-order chi connectivity index (χ0) is 23.4. The first kappa shape index (κ1) is 21.4. The van der Waals surface area contributed by atoms with Crippen LogP contribution in [-0.4, -0.2) is 34.8 Å². The minimum Gasteiger partial charge on any atom is -0.448 e. The van der Waals surface area contributed by atoms with E-state index in [2.05, 4.69) is 68.4 Å². The molecule has 3 aromatic carbocycles. The highest BCUT2D eigenvalue weighted by Crippen LogP contribution is 2.48. The third-order valence-corrected chi connectivity index (χ3v) is 8.42. The Morgan fingerprint density at radius 3 is 2.12 bits per heavy atom. The van der Waals surface area contributed by atoms with E-state index in [1.54, 1.807) is 0 Å². The number of hydrogen-bond donors (Lipinski definition) is 1. The summed E-state index contributed by atoms with van der Waals surface area (Å²) < 4.78 is 5.98. The number of piperidine rings is 1. The highest BCUT2D eigenvalue weighted by atomic mass is 16.6. The van der Waals surface area contributed by atoms with Gasteiger partial charge < -0.3 is 14.7 Å². The van der Waals surface area contributed by atoms with E-state index in [1.165, 1.54) is 27.8 Å². The van der Waals surface area contributed by atoms with Crippen LogP contribution in [0.3, 0.4) is 0 Å². The molecule has 2 heterocycles. The Morgan fingerprint density at radius 2 is 1.50 bits per heavy atom. The van der Waals surface area contributed by atoms with Crippen LogP contribution in [0.25, 0.3) is 11.1 Å². The zero-order valence-electron chi connectivity index (χ0n) is 19.8. The number of benzene rings is 3. The van der Waals surface area contributed by atoms with Crippen molar-refractivity contribution in [2.75, 3.05) is 6.61 Å². The number of carbonyl (C=O) groups excluding carboxylic acids is 1. The highest BCUT2D eigenvalue weighted by Gasteiger charge is 2.51. The third-order valence-electron chi connectivity index (χ3n) is 8.42. The maximum Gasteiger partial charge on any atom is 0.410 e. The van der Waals surface area contributed by atoms with Crippen molar-refractivity contribution >= 4 is 6.09 Å². The maximum atomic E-state index is 13.3. The molecule has 3 aromatic rings. The average molecular weight is 454 g/mol. The molecule has 2 atom stereocenters. The summed E-state index contributed by atoms with van der Waals surface area (Å²) in [6.07, 6.45) is 2.73. The Balaban J connectivity index is 1.20. The van der Waals surface area contributed by atoms with Gasteiger partial charge in [-0.05, 0) is 65.6 Å². The lowest BCUT2D eigenvalue weighted by Crippen LogP contribution is -2.52. The molecular formula is C30H31NO3. The van der Waals surface area contributed by atoms with Gasteiger partial charge in [0.2, 0.25) is 0 Å². The van der Waals surface area contributed by atoms with Crippen molar-refractivity contribution in [1.29, 1.82) is 0 Å². The van der Waals surface area contributed by atoms with Crippen LogP contribution in [0.2, 0.25) is 0 Å². The number of amides is 1. The van der Waals surface area contributed by atoms with Gasteiger partial charge in [-0.2, -0.15) is 0 Å². The molecule has 174 valence electrons. The maximum absolute atomic E-state index is 13.3. The lowest BCUT2D eigenvalue weighted by atomic mass is 9.78. The topological polar surface area (TPSA) is 49.8 Å². The van der Waals surface area contributed by atoms with Crippen LogP contribution in [0.4, 0.5) is 4.79 Å². The number of aliphatic hydroxyl groups is 1. The van der Waals surface area contributed by atoms with E-state index < -0.39 is 5.60 Å². The molecule has 0 radical (unpaired) electrons.